The molecule has 0 atom stereocenters. The van der Waals surface area contributed by atoms with E-state index in [4.69, 9.17) is 5.11 Å². The van der Waals surface area contributed by atoms with E-state index in [1.807, 2.05) is 0 Å². The molecule has 4 heteroatoms. The Labute approximate surface area is 72.5 Å². The number of hydrogen-bond acceptors (Lipinski definition) is 4. The van der Waals surface area contributed by atoms with Gasteiger partial charge in [-0.1, -0.05) is 19.8 Å². The number of rotatable bonds is 7. The Kier molecular flexibility index (Phi) is 8.05. The predicted octanol–water partition coefficient (Wildman–Crippen LogP) is 1.03. The predicted molar refractivity (Wildman–Crippen MR) is 43.3 cm³/mol. The second kappa shape index (κ2) is 8.49. The molecule has 0 aromatic heterocycles. The molecule has 0 aromatic rings. The van der Waals surface area contributed by atoms with Crippen LogP contribution in [0.2, 0.25) is 0 Å². The van der Waals surface area contributed by atoms with Gasteiger partial charge in [-0.25, -0.2) is 0 Å². The number of hydrogen-bond donors (Lipinski definition) is 1. The molecule has 72 valence electrons. The van der Waals surface area contributed by atoms with Crippen LogP contribution in [-0.2, 0) is 14.3 Å². The molecule has 0 aromatic carbocycles. The van der Waals surface area contributed by atoms with Gasteiger partial charge in [0.1, 0.15) is 6.79 Å². The van der Waals surface area contributed by atoms with Gasteiger partial charge in [-0.15, -0.1) is 0 Å². The van der Waals surface area contributed by atoms with Gasteiger partial charge in [0.2, 0.25) is 0 Å². The summed E-state index contributed by atoms with van der Waals surface area (Å²) in [5.74, 6) is -0.267. The number of ether oxygens (including phenoxy) is 2. The summed E-state index contributed by atoms with van der Waals surface area (Å²) < 4.78 is 9.03. The molecule has 0 radical (unpaired) electrons. The van der Waals surface area contributed by atoms with Gasteiger partial charge in [-0.2, -0.15) is 0 Å². The van der Waals surface area contributed by atoms with E-state index >= 15 is 0 Å². The zero-order valence-corrected chi connectivity index (χ0v) is 7.41. The third kappa shape index (κ3) is 7.50. The van der Waals surface area contributed by atoms with Gasteiger partial charge < -0.3 is 14.6 Å². The second-order valence-electron chi connectivity index (χ2n) is 2.42. The number of unbranched alkanes of at least 4 members (excludes halogenated alkanes) is 2. The van der Waals surface area contributed by atoms with E-state index in [0.717, 1.165) is 19.3 Å². The average Bonchev–Trinajstić information content (AvgIpc) is 2.06. The van der Waals surface area contributed by atoms with Crippen molar-refractivity contribution in [2.45, 2.75) is 32.6 Å². The SMILES string of the molecule is CCCCCC(=O)OCOCO. The minimum Gasteiger partial charge on any atom is -0.438 e. The van der Waals surface area contributed by atoms with Gasteiger partial charge in [-0.3, -0.25) is 4.79 Å². The number of carbonyl (C=O) groups excluding carboxylic acids is 1. The zero-order chi connectivity index (χ0) is 9.23. The maximum atomic E-state index is 10.8. The molecular formula is C8H16O4. The van der Waals surface area contributed by atoms with Crippen LogP contribution in [0, 0.1) is 0 Å². The fourth-order valence-corrected chi connectivity index (χ4v) is 0.736. The lowest BCUT2D eigenvalue weighted by atomic mass is 10.2. The monoisotopic (exact) mass is 176 g/mol. The molecule has 0 heterocycles. The Morgan fingerprint density at radius 3 is 2.75 bits per heavy atom. The Morgan fingerprint density at radius 1 is 1.42 bits per heavy atom. The molecule has 0 aliphatic carbocycles. The van der Waals surface area contributed by atoms with Crippen LogP contribution in [0.3, 0.4) is 0 Å². The van der Waals surface area contributed by atoms with Gasteiger partial charge in [-0.05, 0) is 6.42 Å². The van der Waals surface area contributed by atoms with Crippen molar-refractivity contribution < 1.29 is 19.4 Å². The largest absolute Gasteiger partial charge is 0.438 e. The van der Waals surface area contributed by atoms with Crippen molar-refractivity contribution in [2.24, 2.45) is 0 Å². The average molecular weight is 176 g/mol. The maximum Gasteiger partial charge on any atom is 0.307 e. The first-order valence-corrected chi connectivity index (χ1v) is 4.15. The smallest absolute Gasteiger partial charge is 0.307 e. The third-order valence-electron chi connectivity index (χ3n) is 1.38. The summed E-state index contributed by atoms with van der Waals surface area (Å²) in [5, 5.41) is 8.18. The van der Waals surface area contributed by atoms with E-state index in [0.29, 0.717) is 6.42 Å². The van der Waals surface area contributed by atoms with Crippen molar-refractivity contribution in [3.63, 3.8) is 0 Å². The minimum atomic E-state index is -0.414. The molecular weight excluding hydrogens is 160 g/mol. The summed E-state index contributed by atoms with van der Waals surface area (Å²) in [6.45, 7) is 1.50. The quantitative estimate of drug-likeness (QED) is 0.357. The van der Waals surface area contributed by atoms with Crippen LogP contribution in [-0.4, -0.2) is 24.7 Å². The zero-order valence-electron chi connectivity index (χ0n) is 7.41. The topological polar surface area (TPSA) is 55.8 Å². The Morgan fingerprint density at radius 2 is 2.17 bits per heavy atom. The van der Waals surface area contributed by atoms with Gasteiger partial charge in [0.05, 0.1) is 0 Å². The standard InChI is InChI=1S/C8H16O4/c1-2-3-4-5-8(10)12-7-11-6-9/h9H,2-7H2,1H3. The first-order valence-electron chi connectivity index (χ1n) is 4.15. The van der Waals surface area contributed by atoms with E-state index < -0.39 is 6.79 Å². The van der Waals surface area contributed by atoms with E-state index in [-0.39, 0.29) is 12.8 Å². The highest BCUT2D eigenvalue weighted by Crippen LogP contribution is 2.00. The van der Waals surface area contributed by atoms with Crippen molar-refractivity contribution >= 4 is 5.97 Å². The van der Waals surface area contributed by atoms with E-state index in [9.17, 15) is 4.79 Å². The minimum absolute atomic E-state index is 0.151. The number of aliphatic hydroxyl groups is 1. The molecule has 12 heavy (non-hydrogen) atoms. The summed E-state index contributed by atoms with van der Waals surface area (Å²) in [6.07, 6.45) is 3.41. The summed E-state index contributed by atoms with van der Waals surface area (Å²) in [6, 6.07) is 0. The molecule has 0 amide bonds. The van der Waals surface area contributed by atoms with Crippen LogP contribution in [0.5, 0.6) is 0 Å². The molecule has 0 fully saturated rings. The van der Waals surface area contributed by atoms with Gasteiger partial charge in [0.15, 0.2) is 6.79 Å². The maximum absolute atomic E-state index is 10.8. The first kappa shape index (κ1) is 11.4. The van der Waals surface area contributed by atoms with Crippen LogP contribution < -0.4 is 0 Å². The van der Waals surface area contributed by atoms with Crippen molar-refractivity contribution in [1.82, 2.24) is 0 Å². The van der Waals surface area contributed by atoms with Crippen LogP contribution >= 0.6 is 0 Å². The summed E-state index contributed by atoms with van der Waals surface area (Å²) >= 11 is 0. The molecule has 4 nitrogen and oxygen atoms in total. The molecule has 0 saturated carbocycles. The highest BCUT2D eigenvalue weighted by atomic mass is 16.7. The molecule has 0 spiro atoms. The number of aliphatic hydroxyl groups excluding tert-OH is 1. The highest BCUT2D eigenvalue weighted by molar-refractivity contribution is 5.69. The van der Waals surface area contributed by atoms with Crippen molar-refractivity contribution in [3.05, 3.63) is 0 Å². The van der Waals surface area contributed by atoms with Crippen LogP contribution in [0.25, 0.3) is 0 Å². The lowest BCUT2D eigenvalue weighted by molar-refractivity contribution is -0.163. The molecule has 0 aliphatic heterocycles. The summed E-state index contributed by atoms with van der Waals surface area (Å²) in [7, 11) is 0. The van der Waals surface area contributed by atoms with Crippen LogP contribution in [0.15, 0.2) is 0 Å². The first-order chi connectivity index (χ1) is 5.81. The lowest BCUT2D eigenvalue weighted by Crippen LogP contribution is -2.08. The lowest BCUT2D eigenvalue weighted by Gasteiger charge is -2.02. The number of esters is 1. The molecule has 0 bridgehead atoms. The van der Waals surface area contributed by atoms with Gasteiger partial charge in [0, 0.05) is 6.42 Å². The molecule has 0 saturated heterocycles. The Balaban J connectivity index is 3.10. The van der Waals surface area contributed by atoms with E-state index in [2.05, 4.69) is 16.4 Å². The van der Waals surface area contributed by atoms with Gasteiger partial charge in [0.25, 0.3) is 0 Å². The highest BCUT2D eigenvalue weighted by Gasteiger charge is 2.00. The van der Waals surface area contributed by atoms with Crippen molar-refractivity contribution in [2.75, 3.05) is 13.6 Å². The van der Waals surface area contributed by atoms with E-state index in [1.54, 1.807) is 0 Å². The Bertz CT molecular complexity index is 102. The fraction of sp³-hybridized carbons (Fsp3) is 0.875. The van der Waals surface area contributed by atoms with Crippen molar-refractivity contribution in [1.29, 1.82) is 0 Å². The normalized spacial score (nSPS) is 9.83. The number of carbonyl (C=O) groups is 1. The van der Waals surface area contributed by atoms with Crippen LogP contribution in [0.1, 0.15) is 32.6 Å². The van der Waals surface area contributed by atoms with Crippen molar-refractivity contribution in [3.8, 4) is 0 Å². The third-order valence-corrected chi connectivity index (χ3v) is 1.38. The van der Waals surface area contributed by atoms with Crippen LogP contribution in [0.4, 0.5) is 0 Å². The Hall–Kier alpha value is -0.610. The fourth-order valence-electron chi connectivity index (χ4n) is 0.736. The molecule has 0 rings (SSSR count). The van der Waals surface area contributed by atoms with Gasteiger partial charge >= 0.3 is 5.97 Å². The molecule has 0 unspecified atom stereocenters. The van der Waals surface area contributed by atoms with E-state index in [1.165, 1.54) is 0 Å². The summed E-state index contributed by atoms with van der Waals surface area (Å²) in [5.41, 5.74) is 0. The second-order valence-corrected chi connectivity index (χ2v) is 2.42. The molecule has 0 aliphatic rings. The summed E-state index contributed by atoms with van der Waals surface area (Å²) in [4.78, 5) is 10.8. The molecule has 1 N–H and O–H groups in total.